The zero-order valence-corrected chi connectivity index (χ0v) is 10.4. The number of rotatable bonds is 3. The van der Waals surface area contributed by atoms with E-state index in [1.807, 2.05) is 0 Å². The van der Waals surface area contributed by atoms with Crippen molar-refractivity contribution < 1.29 is 9.90 Å². The van der Waals surface area contributed by atoms with Gasteiger partial charge in [0.1, 0.15) is 0 Å². The molecule has 0 aliphatic carbocycles. The Balaban J connectivity index is 1.86. The number of piperidine rings is 1. The number of carboxylic acids is 1. The molecule has 3 saturated heterocycles. The van der Waals surface area contributed by atoms with Crippen molar-refractivity contribution in [1.82, 2.24) is 9.80 Å². The highest BCUT2D eigenvalue weighted by Gasteiger charge is 2.51. The molecule has 4 nitrogen and oxygen atoms in total. The standard InChI is InChI=1S/C13H22N2O2/c16-12(17)9-13(15-5-1-2-6-15)4-8-14-7-3-11(13)10-14/h11H,1-10H2,(H,16,17). The maximum absolute atomic E-state index is 11.3. The number of hydrogen-bond acceptors (Lipinski definition) is 3. The third-order valence-electron chi connectivity index (χ3n) is 5.09. The normalized spacial score (nSPS) is 41.9. The summed E-state index contributed by atoms with van der Waals surface area (Å²) in [5.74, 6) is -0.0253. The first-order chi connectivity index (χ1) is 8.21. The highest BCUT2D eigenvalue weighted by Crippen LogP contribution is 2.43. The Labute approximate surface area is 103 Å². The van der Waals surface area contributed by atoms with E-state index >= 15 is 0 Å². The lowest BCUT2D eigenvalue weighted by Gasteiger charge is -2.48. The van der Waals surface area contributed by atoms with Crippen LogP contribution in [0.5, 0.6) is 0 Å². The second-order valence-electron chi connectivity index (χ2n) is 5.90. The van der Waals surface area contributed by atoms with Crippen molar-refractivity contribution in [2.75, 3.05) is 32.7 Å². The predicted octanol–water partition coefficient (Wildman–Crippen LogP) is 1.02. The first-order valence-electron chi connectivity index (χ1n) is 6.90. The number of carboxylic acid groups (broad SMARTS) is 1. The molecule has 0 spiro atoms. The van der Waals surface area contributed by atoms with Gasteiger partial charge in [-0.05, 0) is 57.8 Å². The maximum Gasteiger partial charge on any atom is 0.305 e. The Morgan fingerprint density at radius 1 is 1.24 bits per heavy atom. The van der Waals surface area contributed by atoms with Gasteiger partial charge in [0.25, 0.3) is 0 Å². The monoisotopic (exact) mass is 238 g/mol. The molecule has 0 aromatic carbocycles. The minimum atomic E-state index is -0.614. The highest BCUT2D eigenvalue weighted by molar-refractivity contribution is 5.68. The minimum Gasteiger partial charge on any atom is -0.481 e. The average molecular weight is 238 g/mol. The van der Waals surface area contributed by atoms with E-state index in [0.717, 1.165) is 32.6 Å². The molecule has 3 rings (SSSR count). The van der Waals surface area contributed by atoms with E-state index in [2.05, 4.69) is 9.80 Å². The van der Waals surface area contributed by atoms with E-state index in [1.54, 1.807) is 0 Å². The van der Waals surface area contributed by atoms with Gasteiger partial charge in [0.2, 0.25) is 0 Å². The number of likely N-dealkylation sites (tertiary alicyclic amines) is 1. The van der Waals surface area contributed by atoms with Crippen molar-refractivity contribution in [2.24, 2.45) is 5.92 Å². The molecule has 0 aromatic heterocycles. The fraction of sp³-hybridized carbons (Fsp3) is 0.923. The van der Waals surface area contributed by atoms with E-state index in [0.29, 0.717) is 12.3 Å². The molecule has 0 radical (unpaired) electrons. The predicted molar refractivity (Wildman–Crippen MR) is 65.0 cm³/mol. The fourth-order valence-corrected chi connectivity index (χ4v) is 4.22. The molecular formula is C13H22N2O2. The molecule has 0 saturated carbocycles. The minimum absolute atomic E-state index is 0.0185. The van der Waals surface area contributed by atoms with Crippen LogP contribution in [0.4, 0.5) is 0 Å². The van der Waals surface area contributed by atoms with Crippen LogP contribution in [0.2, 0.25) is 0 Å². The van der Waals surface area contributed by atoms with Crippen molar-refractivity contribution in [3.8, 4) is 0 Å². The second kappa shape index (κ2) is 4.25. The highest BCUT2D eigenvalue weighted by atomic mass is 16.4. The summed E-state index contributed by atoms with van der Waals surface area (Å²) in [4.78, 5) is 16.3. The molecule has 17 heavy (non-hydrogen) atoms. The van der Waals surface area contributed by atoms with Gasteiger partial charge in [0, 0.05) is 12.1 Å². The molecule has 0 aromatic rings. The number of fused-ring (bicyclic) bond motifs is 2. The Bertz CT molecular complexity index is 311. The average Bonchev–Trinajstić information content (AvgIpc) is 2.94. The third kappa shape index (κ3) is 1.87. The Morgan fingerprint density at radius 2 is 2.00 bits per heavy atom. The summed E-state index contributed by atoms with van der Waals surface area (Å²) in [7, 11) is 0. The van der Waals surface area contributed by atoms with E-state index in [4.69, 9.17) is 0 Å². The lowest BCUT2D eigenvalue weighted by molar-refractivity contribution is -0.142. The van der Waals surface area contributed by atoms with Crippen molar-refractivity contribution in [3.05, 3.63) is 0 Å². The lowest BCUT2D eigenvalue weighted by atomic mass is 9.75. The molecule has 1 N–H and O–H groups in total. The number of hydrogen-bond donors (Lipinski definition) is 1. The molecule has 96 valence electrons. The molecule has 3 fully saturated rings. The summed E-state index contributed by atoms with van der Waals surface area (Å²) in [5, 5.41) is 9.28. The summed E-state index contributed by atoms with van der Waals surface area (Å²) >= 11 is 0. The van der Waals surface area contributed by atoms with Crippen LogP contribution in [-0.2, 0) is 4.79 Å². The first kappa shape index (κ1) is 11.5. The number of nitrogens with zero attached hydrogens (tertiary/aromatic N) is 2. The summed E-state index contributed by atoms with van der Waals surface area (Å²) in [6, 6.07) is 0. The smallest absolute Gasteiger partial charge is 0.305 e. The quantitative estimate of drug-likeness (QED) is 0.797. The zero-order chi connectivity index (χ0) is 11.9. The van der Waals surface area contributed by atoms with Gasteiger partial charge in [0.15, 0.2) is 0 Å². The van der Waals surface area contributed by atoms with Crippen molar-refractivity contribution in [1.29, 1.82) is 0 Å². The summed E-state index contributed by atoms with van der Waals surface area (Å²) in [6.45, 7) is 5.64. The van der Waals surface area contributed by atoms with Crippen LogP contribution in [0.1, 0.15) is 32.1 Å². The SMILES string of the molecule is O=C(O)CC1(N2CCCC2)CCN2CCC1C2. The summed E-state index contributed by atoms with van der Waals surface area (Å²) in [6.07, 6.45) is 5.11. The van der Waals surface area contributed by atoms with E-state index in [-0.39, 0.29) is 5.54 Å². The number of aliphatic carboxylic acids is 1. The van der Waals surface area contributed by atoms with Crippen LogP contribution in [0, 0.1) is 5.92 Å². The van der Waals surface area contributed by atoms with Crippen molar-refractivity contribution in [3.63, 3.8) is 0 Å². The molecule has 3 aliphatic rings. The van der Waals surface area contributed by atoms with Crippen LogP contribution >= 0.6 is 0 Å². The molecule has 4 heteroatoms. The fourth-order valence-electron chi connectivity index (χ4n) is 4.22. The second-order valence-corrected chi connectivity index (χ2v) is 5.90. The Kier molecular flexibility index (Phi) is 2.87. The zero-order valence-electron chi connectivity index (χ0n) is 10.4. The van der Waals surface area contributed by atoms with E-state index in [1.165, 1.54) is 25.8 Å². The van der Waals surface area contributed by atoms with Crippen LogP contribution in [0.25, 0.3) is 0 Å². The van der Waals surface area contributed by atoms with E-state index < -0.39 is 5.97 Å². The van der Waals surface area contributed by atoms with Gasteiger partial charge < -0.3 is 10.0 Å². The summed E-state index contributed by atoms with van der Waals surface area (Å²) < 4.78 is 0. The molecule has 2 bridgehead atoms. The van der Waals surface area contributed by atoms with Gasteiger partial charge in [0.05, 0.1) is 6.42 Å². The number of carbonyl (C=O) groups is 1. The maximum atomic E-state index is 11.3. The van der Waals surface area contributed by atoms with E-state index in [9.17, 15) is 9.90 Å². The van der Waals surface area contributed by atoms with Gasteiger partial charge in [-0.2, -0.15) is 0 Å². The van der Waals surface area contributed by atoms with Crippen LogP contribution in [-0.4, -0.2) is 59.1 Å². The molecular weight excluding hydrogens is 216 g/mol. The Hall–Kier alpha value is -0.610. The van der Waals surface area contributed by atoms with Gasteiger partial charge in [-0.3, -0.25) is 9.69 Å². The van der Waals surface area contributed by atoms with Crippen LogP contribution in [0.15, 0.2) is 0 Å². The van der Waals surface area contributed by atoms with Crippen molar-refractivity contribution >= 4 is 5.97 Å². The molecule has 0 amide bonds. The van der Waals surface area contributed by atoms with Crippen molar-refractivity contribution in [2.45, 2.75) is 37.6 Å². The van der Waals surface area contributed by atoms with Gasteiger partial charge in [-0.15, -0.1) is 0 Å². The molecule has 3 heterocycles. The van der Waals surface area contributed by atoms with Crippen LogP contribution in [0.3, 0.4) is 0 Å². The van der Waals surface area contributed by atoms with Gasteiger partial charge in [-0.1, -0.05) is 0 Å². The first-order valence-corrected chi connectivity index (χ1v) is 6.90. The summed E-state index contributed by atoms with van der Waals surface area (Å²) in [5.41, 5.74) is -0.0185. The van der Waals surface area contributed by atoms with Crippen LogP contribution < -0.4 is 0 Å². The Morgan fingerprint density at radius 3 is 2.71 bits per heavy atom. The molecule has 3 unspecified atom stereocenters. The van der Waals surface area contributed by atoms with Gasteiger partial charge >= 0.3 is 5.97 Å². The molecule has 3 atom stereocenters. The molecule has 3 aliphatic heterocycles. The topological polar surface area (TPSA) is 43.8 Å². The van der Waals surface area contributed by atoms with Gasteiger partial charge in [-0.25, -0.2) is 0 Å². The third-order valence-corrected chi connectivity index (χ3v) is 5.09. The lowest BCUT2D eigenvalue weighted by Crippen LogP contribution is -2.58. The largest absolute Gasteiger partial charge is 0.481 e.